The molecule has 0 bridgehead atoms. The lowest BCUT2D eigenvalue weighted by atomic mass is 10.1. The van der Waals surface area contributed by atoms with Crippen LogP contribution in [-0.2, 0) is 14.4 Å². The molecule has 0 spiro atoms. The number of piperidine rings is 1. The molecule has 94 valence electrons. The number of aliphatic hydroxyl groups excluding tert-OH is 1. The van der Waals surface area contributed by atoms with Crippen molar-refractivity contribution in [1.82, 2.24) is 4.90 Å². The van der Waals surface area contributed by atoms with Crippen molar-refractivity contribution in [2.24, 2.45) is 17.3 Å². The zero-order chi connectivity index (χ0) is 13.0. The number of aliphatic carboxylic acids is 1. The van der Waals surface area contributed by atoms with E-state index in [9.17, 15) is 14.4 Å². The lowest BCUT2D eigenvalue weighted by Crippen LogP contribution is -2.39. The summed E-state index contributed by atoms with van der Waals surface area (Å²) in [6.07, 6.45) is -1.65. The quantitative estimate of drug-likeness (QED) is 0.645. The number of carbonyl (C=O) groups excluding carboxylic acids is 2. The summed E-state index contributed by atoms with van der Waals surface area (Å²) in [5, 5.41) is 17.6. The number of hydrogen-bond donors (Lipinski definition) is 2. The fraction of sp³-hybridized carbons (Fsp3) is 0.727. The molecule has 3 atom stereocenters. The topological polar surface area (TPSA) is 94.9 Å². The molecule has 1 saturated carbocycles. The van der Waals surface area contributed by atoms with Crippen LogP contribution in [0.15, 0.2) is 0 Å². The zero-order valence-electron chi connectivity index (χ0n) is 9.71. The predicted octanol–water partition coefficient (Wildman–Crippen LogP) is -0.537. The van der Waals surface area contributed by atoms with Crippen molar-refractivity contribution in [1.29, 1.82) is 0 Å². The van der Waals surface area contributed by atoms with E-state index in [0.717, 1.165) is 4.90 Å². The highest BCUT2D eigenvalue weighted by Crippen LogP contribution is 2.63. The summed E-state index contributed by atoms with van der Waals surface area (Å²) in [4.78, 5) is 35.1. The Kier molecular flexibility index (Phi) is 2.50. The van der Waals surface area contributed by atoms with E-state index in [1.807, 2.05) is 13.8 Å². The van der Waals surface area contributed by atoms with Crippen molar-refractivity contribution in [3.63, 3.8) is 0 Å². The van der Waals surface area contributed by atoms with Gasteiger partial charge >= 0.3 is 5.97 Å². The second-order valence-electron chi connectivity index (χ2n) is 5.25. The van der Waals surface area contributed by atoms with Crippen molar-refractivity contribution >= 4 is 17.8 Å². The summed E-state index contributed by atoms with van der Waals surface area (Å²) in [6.45, 7) is 3.73. The van der Waals surface area contributed by atoms with E-state index in [0.29, 0.717) is 0 Å². The van der Waals surface area contributed by atoms with Crippen molar-refractivity contribution in [3.05, 3.63) is 0 Å². The molecule has 0 aromatic carbocycles. The number of fused-ring (bicyclic) bond motifs is 1. The molecule has 0 radical (unpaired) electrons. The Morgan fingerprint density at radius 3 is 2.24 bits per heavy atom. The van der Waals surface area contributed by atoms with Gasteiger partial charge in [-0.3, -0.25) is 14.5 Å². The Bertz CT molecular complexity index is 379. The van der Waals surface area contributed by atoms with Gasteiger partial charge in [-0.1, -0.05) is 13.8 Å². The smallest absolute Gasteiger partial charge is 0.332 e. The second kappa shape index (κ2) is 3.53. The van der Waals surface area contributed by atoms with Gasteiger partial charge in [0.1, 0.15) is 0 Å². The molecule has 6 heteroatoms. The fourth-order valence-corrected chi connectivity index (χ4v) is 2.60. The molecule has 2 rings (SSSR count). The van der Waals surface area contributed by atoms with Crippen LogP contribution in [0.2, 0.25) is 0 Å². The minimum atomic E-state index is -1.53. The van der Waals surface area contributed by atoms with E-state index >= 15 is 0 Å². The molecule has 2 N–H and O–H groups in total. The number of carboxylic acids is 1. The monoisotopic (exact) mass is 241 g/mol. The van der Waals surface area contributed by atoms with Gasteiger partial charge in [-0.25, -0.2) is 4.79 Å². The summed E-state index contributed by atoms with van der Waals surface area (Å²) in [5.41, 5.74) is -0.254. The third-order valence-corrected chi connectivity index (χ3v) is 3.80. The Hall–Kier alpha value is -1.43. The summed E-state index contributed by atoms with van der Waals surface area (Å²) in [6, 6.07) is 0. The molecular weight excluding hydrogens is 226 g/mol. The van der Waals surface area contributed by atoms with Crippen molar-refractivity contribution in [3.8, 4) is 0 Å². The molecule has 0 aromatic heterocycles. The van der Waals surface area contributed by atoms with Gasteiger partial charge in [-0.15, -0.1) is 0 Å². The molecule has 1 heterocycles. The van der Waals surface area contributed by atoms with Crippen LogP contribution >= 0.6 is 0 Å². The van der Waals surface area contributed by atoms with Crippen molar-refractivity contribution < 1.29 is 24.6 Å². The number of imide groups is 1. The first-order chi connectivity index (χ1) is 7.78. The van der Waals surface area contributed by atoms with Crippen LogP contribution in [0.5, 0.6) is 0 Å². The van der Waals surface area contributed by atoms with Gasteiger partial charge in [-0.05, 0) is 5.41 Å². The highest BCUT2D eigenvalue weighted by molar-refractivity contribution is 6.10. The van der Waals surface area contributed by atoms with E-state index in [4.69, 9.17) is 10.2 Å². The number of hydrogen-bond acceptors (Lipinski definition) is 4. The van der Waals surface area contributed by atoms with E-state index in [-0.39, 0.29) is 42.0 Å². The molecule has 1 aliphatic heterocycles. The first kappa shape index (κ1) is 12.0. The highest BCUT2D eigenvalue weighted by atomic mass is 16.4. The minimum Gasteiger partial charge on any atom is -0.479 e. The van der Waals surface area contributed by atoms with Gasteiger partial charge in [0.15, 0.2) is 6.10 Å². The number of carbonyl (C=O) groups is 3. The normalized spacial score (nSPS) is 31.4. The number of nitrogens with zero attached hydrogens (tertiary/aromatic N) is 1. The van der Waals surface area contributed by atoms with Crippen molar-refractivity contribution in [2.45, 2.75) is 26.4 Å². The van der Waals surface area contributed by atoms with Gasteiger partial charge in [0, 0.05) is 13.0 Å². The Labute approximate surface area is 98.2 Å². The van der Waals surface area contributed by atoms with E-state index < -0.39 is 12.1 Å². The Balaban J connectivity index is 1.96. The van der Waals surface area contributed by atoms with Crippen LogP contribution in [0, 0.1) is 17.3 Å². The summed E-state index contributed by atoms with van der Waals surface area (Å²) in [5.74, 6) is -2.31. The third-order valence-electron chi connectivity index (χ3n) is 3.80. The number of amides is 2. The third kappa shape index (κ3) is 1.63. The maximum atomic E-state index is 11.8. The average molecular weight is 241 g/mol. The number of carboxylic acid groups (broad SMARTS) is 1. The first-order valence-corrected chi connectivity index (χ1v) is 5.54. The standard InChI is InChI=1S/C11H15NO5/c1-11(2)6-7(11)9(15)12(8(6)14)4-3-5(13)10(16)17/h5-7,13H,3-4H2,1-2H3,(H,16,17). The van der Waals surface area contributed by atoms with E-state index in [1.54, 1.807) is 0 Å². The van der Waals surface area contributed by atoms with Crippen LogP contribution < -0.4 is 0 Å². The number of rotatable bonds is 4. The molecule has 1 saturated heterocycles. The maximum Gasteiger partial charge on any atom is 0.332 e. The SMILES string of the molecule is CC1(C)C2C(=O)N(CCC(O)C(=O)O)C(=O)C21. The largest absolute Gasteiger partial charge is 0.479 e. The molecule has 2 aliphatic rings. The van der Waals surface area contributed by atoms with Crippen LogP contribution in [0.25, 0.3) is 0 Å². The average Bonchev–Trinajstić information content (AvgIpc) is 2.68. The zero-order valence-corrected chi connectivity index (χ0v) is 9.71. The Morgan fingerprint density at radius 2 is 1.82 bits per heavy atom. The molecule has 2 fully saturated rings. The van der Waals surface area contributed by atoms with Gasteiger partial charge in [0.2, 0.25) is 11.8 Å². The maximum absolute atomic E-state index is 11.8. The van der Waals surface area contributed by atoms with Gasteiger partial charge in [0.05, 0.1) is 11.8 Å². The molecule has 0 aromatic rings. The highest BCUT2D eigenvalue weighted by Gasteiger charge is 2.72. The van der Waals surface area contributed by atoms with Gasteiger partial charge in [-0.2, -0.15) is 0 Å². The van der Waals surface area contributed by atoms with Crippen LogP contribution in [-0.4, -0.2) is 45.5 Å². The molecule has 2 amide bonds. The van der Waals surface area contributed by atoms with Gasteiger partial charge < -0.3 is 10.2 Å². The number of likely N-dealkylation sites (tertiary alicyclic amines) is 1. The molecule has 6 nitrogen and oxygen atoms in total. The molecule has 1 aliphatic carbocycles. The van der Waals surface area contributed by atoms with Crippen molar-refractivity contribution in [2.75, 3.05) is 6.54 Å². The van der Waals surface area contributed by atoms with Crippen LogP contribution in [0.1, 0.15) is 20.3 Å². The summed E-state index contributed by atoms with van der Waals surface area (Å²) in [7, 11) is 0. The molecule has 3 unspecified atom stereocenters. The van der Waals surface area contributed by atoms with E-state index in [2.05, 4.69) is 0 Å². The fourth-order valence-electron chi connectivity index (χ4n) is 2.60. The number of aliphatic hydroxyl groups is 1. The van der Waals surface area contributed by atoms with E-state index in [1.165, 1.54) is 0 Å². The summed E-state index contributed by atoms with van der Waals surface area (Å²) >= 11 is 0. The van der Waals surface area contributed by atoms with Crippen LogP contribution in [0.4, 0.5) is 0 Å². The minimum absolute atomic E-state index is 0.0196. The predicted molar refractivity (Wildman–Crippen MR) is 55.7 cm³/mol. The lowest BCUT2D eigenvalue weighted by Gasteiger charge is -2.20. The van der Waals surface area contributed by atoms with Crippen LogP contribution in [0.3, 0.4) is 0 Å². The summed E-state index contributed by atoms with van der Waals surface area (Å²) < 4.78 is 0. The van der Waals surface area contributed by atoms with Gasteiger partial charge in [0.25, 0.3) is 0 Å². The molecular formula is C11H15NO5. The Morgan fingerprint density at radius 1 is 1.35 bits per heavy atom. The first-order valence-electron chi connectivity index (χ1n) is 5.54. The second-order valence-corrected chi connectivity index (χ2v) is 5.25. The molecule has 17 heavy (non-hydrogen) atoms. The lowest BCUT2D eigenvalue weighted by molar-refractivity contribution is -0.150.